The fourth-order valence-electron chi connectivity index (χ4n) is 2.58. The normalized spacial score (nSPS) is 27.2. The van der Waals surface area contributed by atoms with Crippen LogP contribution in [0.1, 0.15) is 26.7 Å². The Hall–Kier alpha value is -1.10. The van der Waals surface area contributed by atoms with Crippen LogP contribution in [0.25, 0.3) is 0 Å². The van der Waals surface area contributed by atoms with Gasteiger partial charge in [0.25, 0.3) is 5.69 Å². The zero-order chi connectivity index (χ0) is 13.3. The Balaban J connectivity index is 2.18. The Morgan fingerprint density at radius 3 is 2.50 bits per heavy atom. The van der Waals surface area contributed by atoms with E-state index >= 15 is 0 Å². The summed E-state index contributed by atoms with van der Waals surface area (Å²) in [4.78, 5) is 10.6. The Labute approximate surface area is 115 Å². The highest BCUT2D eigenvalue weighted by Crippen LogP contribution is 2.35. The first-order valence-electron chi connectivity index (χ1n) is 6.18. The van der Waals surface area contributed by atoms with E-state index in [4.69, 9.17) is 0 Å². The first-order valence-corrected chi connectivity index (χ1v) is 6.97. The first kappa shape index (κ1) is 13.3. The molecule has 98 valence electrons. The smallest absolute Gasteiger partial charge is 0.292 e. The van der Waals surface area contributed by atoms with Crippen LogP contribution >= 0.6 is 15.9 Å². The zero-order valence-electron chi connectivity index (χ0n) is 10.5. The number of nitrogens with zero attached hydrogens (tertiary/aromatic N) is 1. The van der Waals surface area contributed by atoms with Crippen molar-refractivity contribution in [1.82, 2.24) is 0 Å². The average molecular weight is 313 g/mol. The van der Waals surface area contributed by atoms with E-state index < -0.39 is 0 Å². The van der Waals surface area contributed by atoms with Gasteiger partial charge >= 0.3 is 0 Å². The van der Waals surface area contributed by atoms with Gasteiger partial charge in [0, 0.05) is 16.6 Å². The summed E-state index contributed by atoms with van der Waals surface area (Å²) in [5, 5.41) is 14.3. The molecule has 18 heavy (non-hydrogen) atoms. The number of rotatable bonds is 3. The van der Waals surface area contributed by atoms with Gasteiger partial charge in [-0.25, -0.2) is 0 Å². The number of halogens is 1. The third kappa shape index (κ3) is 2.83. The summed E-state index contributed by atoms with van der Waals surface area (Å²) < 4.78 is 0.856. The van der Waals surface area contributed by atoms with Gasteiger partial charge in [-0.2, -0.15) is 0 Å². The summed E-state index contributed by atoms with van der Waals surface area (Å²) in [6, 6.07) is 5.35. The summed E-state index contributed by atoms with van der Waals surface area (Å²) in [7, 11) is 0. The fourth-order valence-corrected chi connectivity index (χ4v) is 2.94. The van der Waals surface area contributed by atoms with Crippen LogP contribution in [0.3, 0.4) is 0 Å². The maximum atomic E-state index is 11.0. The summed E-state index contributed by atoms with van der Waals surface area (Å²) in [6.07, 6.45) is 2.15. The summed E-state index contributed by atoms with van der Waals surface area (Å²) >= 11 is 3.36. The second-order valence-electron chi connectivity index (χ2n) is 5.19. The van der Waals surface area contributed by atoms with Gasteiger partial charge in [0.2, 0.25) is 0 Å². The minimum Gasteiger partial charge on any atom is -0.377 e. The SMILES string of the molecule is CC1CC(Nc2cc(Br)ccc2[N+](=O)[O-])C[C@@H]1C. The molecule has 2 unspecified atom stereocenters. The topological polar surface area (TPSA) is 55.2 Å². The lowest BCUT2D eigenvalue weighted by Gasteiger charge is -2.14. The van der Waals surface area contributed by atoms with Gasteiger partial charge in [0.05, 0.1) is 4.92 Å². The van der Waals surface area contributed by atoms with Crippen molar-refractivity contribution in [2.45, 2.75) is 32.7 Å². The Kier molecular flexibility index (Phi) is 3.90. The van der Waals surface area contributed by atoms with Gasteiger partial charge in [0.15, 0.2) is 0 Å². The van der Waals surface area contributed by atoms with Crippen LogP contribution in [0.15, 0.2) is 22.7 Å². The summed E-state index contributed by atoms with van der Waals surface area (Å²) in [5.74, 6) is 1.35. The van der Waals surface area contributed by atoms with Crippen molar-refractivity contribution in [3.63, 3.8) is 0 Å². The molecule has 1 saturated carbocycles. The zero-order valence-corrected chi connectivity index (χ0v) is 12.1. The van der Waals surface area contributed by atoms with E-state index in [-0.39, 0.29) is 10.6 Å². The predicted molar refractivity (Wildman–Crippen MR) is 75.8 cm³/mol. The van der Waals surface area contributed by atoms with Gasteiger partial charge < -0.3 is 5.32 Å². The van der Waals surface area contributed by atoms with Crippen LogP contribution in [-0.4, -0.2) is 11.0 Å². The van der Waals surface area contributed by atoms with Gasteiger partial charge in [-0.15, -0.1) is 0 Å². The third-order valence-corrected chi connectivity index (χ3v) is 4.29. The van der Waals surface area contributed by atoms with Crippen LogP contribution in [-0.2, 0) is 0 Å². The van der Waals surface area contributed by atoms with Crippen LogP contribution < -0.4 is 5.32 Å². The van der Waals surface area contributed by atoms with Gasteiger partial charge in [0.1, 0.15) is 5.69 Å². The maximum absolute atomic E-state index is 11.0. The predicted octanol–water partition coefficient (Wildman–Crippen LogP) is 4.20. The quantitative estimate of drug-likeness (QED) is 0.672. The second-order valence-corrected chi connectivity index (χ2v) is 6.10. The van der Waals surface area contributed by atoms with E-state index in [9.17, 15) is 10.1 Å². The molecule has 0 spiro atoms. The summed E-state index contributed by atoms with van der Waals surface area (Å²) in [5.41, 5.74) is 0.756. The molecule has 0 radical (unpaired) electrons. The molecule has 1 N–H and O–H groups in total. The Morgan fingerprint density at radius 2 is 1.94 bits per heavy atom. The number of nitro groups is 1. The number of anilines is 1. The van der Waals surface area contributed by atoms with Crippen molar-refractivity contribution in [1.29, 1.82) is 0 Å². The molecule has 0 amide bonds. The highest BCUT2D eigenvalue weighted by atomic mass is 79.9. The molecule has 1 fully saturated rings. The molecular weight excluding hydrogens is 296 g/mol. The molecule has 0 aromatic heterocycles. The van der Waals surface area contributed by atoms with Crippen LogP contribution in [0.4, 0.5) is 11.4 Å². The van der Waals surface area contributed by atoms with Crippen molar-refractivity contribution in [3.8, 4) is 0 Å². The molecule has 0 bridgehead atoms. The molecule has 5 heteroatoms. The van der Waals surface area contributed by atoms with Crippen LogP contribution in [0.5, 0.6) is 0 Å². The average Bonchev–Trinajstić information content (AvgIpc) is 2.57. The third-order valence-electron chi connectivity index (χ3n) is 3.80. The molecule has 0 heterocycles. The lowest BCUT2D eigenvalue weighted by molar-refractivity contribution is -0.384. The van der Waals surface area contributed by atoms with Crippen LogP contribution in [0.2, 0.25) is 0 Å². The number of hydrogen-bond donors (Lipinski definition) is 1. The molecule has 3 atom stereocenters. The Bertz CT molecular complexity index is 454. The largest absolute Gasteiger partial charge is 0.377 e. The van der Waals surface area contributed by atoms with E-state index in [1.807, 2.05) is 0 Å². The van der Waals surface area contributed by atoms with E-state index in [2.05, 4.69) is 35.1 Å². The summed E-state index contributed by atoms with van der Waals surface area (Å²) in [6.45, 7) is 4.48. The highest BCUT2D eigenvalue weighted by Gasteiger charge is 2.29. The van der Waals surface area contributed by atoms with Crippen molar-refractivity contribution < 1.29 is 4.92 Å². The fraction of sp³-hybridized carbons (Fsp3) is 0.538. The minimum atomic E-state index is -0.337. The standard InChI is InChI=1S/C13H17BrN2O2/c1-8-5-11(6-9(8)2)15-12-7-10(14)3-4-13(12)16(17)18/h3-4,7-9,11,15H,5-6H2,1-2H3/t8-,9?,11?/m0/s1. The van der Waals surface area contributed by atoms with E-state index in [1.165, 1.54) is 6.07 Å². The molecule has 1 aliphatic rings. The molecule has 1 aliphatic carbocycles. The molecule has 1 aromatic carbocycles. The van der Waals surface area contributed by atoms with E-state index in [0.29, 0.717) is 23.6 Å². The number of nitrogens with one attached hydrogen (secondary N) is 1. The molecule has 0 saturated heterocycles. The number of benzene rings is 1. The number of hydrogen-bond acceptors (Lipinski definition) is 3. The van der Waals surface area contributed by atoms with Crippen molar-refractivity contribution >= 4 is 27.3 Å². The van der Waals surface area contributed by atoms with E-state index in [1.54, 1.807) is 12.1 Å². The van der Waals surface area contributed by atoms with Crippen molar-refractivity contribution in [2.75, 3.05) is 5.32 Å². The first-order chi connectivity index (χ1) is 8.47. The lowest BCUT2D eigenvalue weighted by atomic mass is 10.0. The maximum Gasteiger partial charge on any atom is 0.292 e. The molecular formula is C13H17BrN2O2. The monoisotopic (exact) mass is 312 g/mol. The highest BCUT2D eigenvalue weighted by molar-refractivity contribution is 9.10. The molecule has 0 aliphatic heterocycles. The van der Waals surface area contributed by atoms with E-state index in [0.717, 1.165) is 17.3 Å². The minimum absolute atomic E-state index is 0.144. The Morgan fingerprint density at radius 1 is 1.33 bits per heavy atom. The second kappa shape index (κ2) is 5.26. The van der Waals surface area contributed by atoms with Crippen molar-refractivity contribution in [3.05, 3.63) is 32.8 Å². The van der Waals surface area contributed by atoms with Gasteiger partial charge in [-0.1, -0.05) is 29.8 Å². The number of nitro benzene ring substituents is 1. The van der Waals surface area contributed by atoms with Gasteiger partial charge in [-0.05, 0) is 36.8 Å². The lowest BCUT2D eigenvalue weighted by Crippen LogP contribution is -2.16. The molecule has 1 aromatic rings. The van der Waals surface area contributed by atoms with Crippen LogP contribution in [0, 0.1) is 22.0 Å². The van der Waals surface area contributed by atoms with Crippen molar-refractivity contribution in [2.24, 2.45) is 11.8 Å². The molecule has 2 rings (SSSR count). The van der Waals surface area contributed by atoms with Gasteiger partial charge in [-0.3, -0.25) is 10.1 Å². The molecule has 4 nitrogen and oxygen atoms in total.